The second-order valence-corrected chi connectivity index (χ2v) is 9.06. The number of aryl methyl sites for hydroxylation is 3. The Morgan fingerprint density at radius 3 is 2.48 bits per heavy atom. The number of rotatable bonds is 6. The van der Waals surface area contributed by atoms with Crippen LogP contribution in [0.3, 0.4) is 0 Å². The summed E-state index contributed by atoms with van der Waals surface area (Å²) >= 11 is 7.55. The smallest absolute Gasteiger partial charge is 0.262 e. The number of carbonyl (C=O) groups excluding carboxylic acids is 1. The van der Waals surface area contributed by atoms with E-state index in [1.807, 2.05) is 68.4 Å². The van der Waals surface area contributed by atoms with Gasteiger partial charge in [0.2, 0.25) is 5.91 Å². The number of aromatic nitrogens is 2. The topological polar surface area (TPSA) is 64.0 Å². The molecule has 2 heterocycles. The van der Waals surface area contributed by atoms with Crippen LogP contribution >= 0.6 is 22.9 Å². The molecule has 4 rings (SSSR count). The van der Waals surface area contributed by atoms with Gasteiger partial charge in [-0.2, -0.15) is 0 Å². The minimum Gasteiger partial charge on any atom is -0.345 e. The lowest BCUT2D eigenvalue weighted by Gasteiger charge is -2.20. The maximum atomic E-state index is 12.9. The van der Waals surface area contributed by atoms with Crippen molar-refractivity contribution >= 4 is 39.1 Å². The minimum atomic E-state index is -0.301. The lowest BCUT2D eigenvalue weighted by Crippen LogP contribution is -2.31. The Labute approximate surface area is 189 Å². The third-order valence-corrected chi connectivity index (χ3v) is 6.74. The summed E-state index contributed by atoms with van der Waals surface area (Å²) in [6, 6.07) is 16.9. The Balaban J connectivity index is 1.53. The maximum Gasteiger partial charge on any atom is 0.262 e. The lowest BCUT2D eigenvalue weighted by molar-refractivity contribution is -0.121. The van der Waals surface area contributed by atoms with Gasteiger partial charge in [0.15, 0.2) is 0 Å². The van der Waals surface area contributed by atoms with Gasteiger partial charge in [0.1, 0.15) is 4.83 Å². The van der Waals surface area contributed by atoms with E-state index in [4.69, 9.17) is 11.6 Å². The molecule has 1 unspecified atom stereocenters. The molecule has 7 heteroatoms. The average Bonchev–Trinajstić information content (AvgIpc) is 3.07. The summed E-state index contributed by atoms with van der Waals surface area (Å²) in [5.41, 5.74) is 2.77. The second kappa shape index (κ2) is 9.04. The van der Waals surface area contributed by atoms with Crippen LogP contribution in [0.2, 0.25) is 5.02 Å². The predicted molar refractivity (Wildman–Crippen MR) is 126 cm³/mol. The van der Waals surface area contributed by atoms with Crippen molar-refractivity contribution in [2.45, 2.75) is 32.9 Å². The Kier molecular flexibility index (Phi) is 6.20. The normalized spacial score (nSPS) is 12.1. The molecule has 2 aromatic carbocycles. The zero-order valence-corrected chi connectivity index (χ0v) is 18.8. The number of nitrogens with one attached hydrogen (secondary N) is 1. The molecule has 1 N–H and O–H groups in total. The highest BCUT2D eigenvalue weighted by atomic mass is 35.5. The first kappa shape index (κ1) is 21.3. The molecular weight excluding hydrogens is 430 g/mol. The molecule has 2 aromatic heterocycles. The molecule has 0 spiro atoms. The van der Waals surface area contributed by atoms with Crippen molar-refractivity contribution < 1.29 is 4.79 Å². The zero-order valence-electron chi connectivity index (χ0n) is 17.3. The zero-order chi connectivity index (χ0) is 22.0. The fourth-order valence-electron chi connectivity index (χ4n) is 3.54. The number of carbonyl (C=O) groups is 1. The van der Waals surface area contributed by atoms with Gasteiger partial charge in [-0.1, -0.05) is 54.1 Å². The highest BCUT2D eigenvalue weighted by Crippen LogP contribution is 2.26. The van der Waals surface area contributed by atoms with Crippen LogP contribution in [-0.2, 0) is 11.3 Å². The largest absolute Gasteiger partial charge is 0.345 e. The summed E-state index contributed by atoms with van der Waals surface area (Å²) in [7, 11) is 0. The second-order valence-electron chi connectivity index (χ2n) is 7.42. The van der Waals surface area contributed by atoms with Gasteiger partial charge in [-0.05, 0) is 42.7 Å². The molecule has 158 valence electrons. The summed E-state index contributed by atoms with van der Waals surface area (Å²) in [6.07, 6.45) is 1.70. The molecule has 1 atom stereocenters. The van der Waals surface area contributed by atoms with Crippen molar-refractivity contribution in [3.63, 3.8) is 0 Å². The molecule has 0 aliphatic carbocycles. The van der Waals surface area contributed by atoms with E-state index >= 15 is 0 Å². The first-order chi connectivity index (χ1) is 14.9. The van der Waals surface area contributed by atoms with Gasteiger partial charge in [0, 0.05) is 22.9 Å². The fourth-order valence-corrected chi connectivity index (χ4v) is 4.66. The molecule has 0 bridgehead atoms. The SMILES string of the molecule is Cc1sc2ncn(CCC(=O)NC(c3ccccc3)c3ccc(Cl)cc3)c(=O)c2c1C. The van der Waals surface area contributed by atoms with Crippen molar-refractivity contribution in [2.24, 2.45) is 0 Å². The highest BCUT2D eigenvalue weighted by molar-refractivity contribution is 7.18. The molecular formula is C24H22ClN3O2S. The molecule has 4 aromatic rings. The van der Waals surface area contributed by atoms with Crippen LogP contribution < -0.4 is 10.9 Å². The predicted octanol–water partition coefficient (Wildman–Crippen LogP) is 5.02. The van der Waals surface area contributed by atoms with Crippen LogP contribution in [0, 0.1) is 13.8 Å². The first-order valence-electron chi connectivity index (χ1n) is 9.99. The van der Waals surface area contributed by atoms with Crippen molar-refractivity contribution in [2.75, 3.05) is 0 Å². The molecule has 5 nitrogen and oxygen atoms in total. The Hall–Kier alpha value is -2.96. The van der Waals surface area contributed by atoms with Crippen LogP contribution in [0.25, 0.3) is 10.2 Å². The molecule has 0 saturated carbocycles. The van der Waals surface area contributed by atoms with E-state index in [9.17, 15) is 9.59 Å². The van der Waals surface area contributed by atoms with Gasteiger partial charge in [-0.3, -0.25) is 14.2 Å². The van der Waals surface area contributed by atoms with E-state index < -0.39 is 0 Å². The van der Waals surface area contributed by atoms with E-state index in [2.05, 4.69) is 10.3 Å². The van der Waals surface area contributed by atoms with Gasteiger partial charge in [0.05, 0.1) is 17.8 Å². The molecule has 0 aliphatic rings. The Morgan fingerprint density at radius 1 is 1.10 bits per heavy atom. The van der Waals surface area contributed by atoms with Crippen molar-refractivity contribution in [1.82, 2.24) is 14.9 Å². The monoisotopic (exact) mass is 451 g/mol. The number of thiophene rings is 1. The highest BCUT2D eigenvalue weighted by Gasteiger charge is 2.18. The summed E-state index contributed by atoms with van der Waals surface area (Å²) < 4.78 is 1.51. The van der Waals surface area contributed by atoms with Gasteiger partial charge in [-0.15, -0.1) is 11.3 Å². The minimum absolute atomic E-state index is 0.100. The number of nitrogens with zero attached hydrogens (tertiary/aromatic N) is 2. The van der Waals surface area contributed by atoms with Crippen molar-refractivity contribution in [3.05, 3.63) is 97.9 Å². The third-order valence-electron chi connectivity index (χ3n) is 5.38. The summed E-state index contributed by atoms with van der Waals surface area (Å²) in [6.45, 7) is 4.19. The van der Waals surface area contributed by atoms with Crippen LogP contribution in [0.15, 0.2) is 65.7 Å². The number of hydrogen-bond donors (Lipinski definition) is 1. The average molecular weight is 452 g/mol. The van der Waals surface area contributed by atoms with E-state index in [1.54, 1.807) is 0 Å². The van der Waals surface area contributed by atoms with Crippen molar-refractivity contribution in [1.29, 1.82) is 0 Å². The molecule has 0 radical (unpaired) electrons. The fraction of sp³-hybridized carbons (Fsp3) is 0.208. The number of benzene rings is 2. The van der Waals surface area contributed by atoms with Crippen LogP contribution in [-0.4, -0.2) is 15.5 Å². The molecule has 0 fully saturated rings. The van der Waals surface area contributed by atoms with E-state index in [1.165, 1.54) is 22.2 Å². The maximum absolute atomic E-state index is 12.9. The van der Waals surface area contributed by atoms with Crippen LogP contribution in [0.5, 0.6) is 0 Å². The Morgan fingerprint density at radius 2 is 1.77 bits per heavy atom. The molecule has 31 heavy (non-hydrogen) atoms. The summed E-state index contributed by atoms with van der Waals surface area (Å²) in [5.74, 6) is -0.144. The lowest BCUT2D eigenvalue weighted by atomic mass is 9.98. The Bertz CT molecular complexity index is 1280. The molecule has 1 amide bonds. The van der Waals surface area contributed by atoms with Gasteiger partial charge in [0.25, 0.3) is 5.56 Å². The van der Waals surface area contributed by atoms with Gasteiger partial charge < -0.3 is 5.32 Å². The molecule has 0 aliphatic heterocycles. The van der Waals surface area contributed by atoms with E-state index in [0.29, 0.717) is 10.4 Å². The number of halogens is 1. The number of amides is 1. The van der Waals surface area contributed by atoms with Gasteiger partial charge in [-0.25, -0.2) is 4.98 Å². The summed E-state index contributed by atoms with van der Waals surface area (Å²) in [5, 5.41) is 4.38. The van der Waals surface area contributed by atoms with E-state index in [-0.39, 0.29) is 30.5 Å². The number of hydrogen-bond acceptors (Lipinski definition) is 4. The van der Waals surface area contributed by atoms with Crippen LogP contribution in [0.1, 0.15) is 34.0 Å². The summed E-state index contributed by atoms with van der Waals surface area (Å²) in [4.78, 5) is 31.9. The van der Waals surface area contributed by atoms with Crippen molar-refractivity contribution in [3.8, 4) is 0 Å². The van der Waals surface area contributed by atoms with Crippen LogP contribution in [0.4, 0.5) is 0 Å². The quantitative estimate of drug-likeness (QED) is 0.447. The number of fused-ring (bicyclic) bond motifs is 1. The standard InChI is InChI=1S/C24H22ClN3O2S/c1-15-16(2)31-23-21(15)24(30)28(14-26-23)13-12-20(29)27-22(17-6-4-3-5-7-17)18-8-10-19(25)11-9-18/h3-11,14,22H,12-13H2,1-2H3,(H,27,29). The van der Waals surface area contributed by atoms with E-state index in [0.717, 1.165) is 26.4 Å². The third kappa shape index (κ3) is 4.55. The first-order valence-corrected chi connectivity index (χ1v) is 11.2. The van der Waals surface area contributed by atoms with Gasteiger partial charge >= 0.3 is 0 Å². The molecule has 0 saturated heterocycles.